The number of methoxy groups -OCH3 is 3. The number of carbonyl (C=O) groups excluding carboxylic acids is 3. The zero-order valence-corrected chi connectivity index (χ0v) is 37.1. The van der Waals surface area contributed by atoms with Crippen LogP contribution in [0.5, 0.6) is 0 Å². The smallest absolute Gasteiger partial charge is 0.329 e. The predicted octanol–water partition coefficient (Wildman–Crippen LogP) is 4.91. The molecule has 0 unspecified atom stereocenters. The highest BCUT2D eigenvalue weighted by Gasteiger charge is 2.56. The Labute approximate surface area is 353 Å². The average molecular weight is 829 g/mol. The Morgan fingerprint density at radius 1 is 0.966 bits per heavy atom. The van der Waals surface area contributed by atoms with Gasteiger partial charge in [-0.15, -0.1) is 6.58 Å². The van der Waals surface area contributed by atoms with E-state index in [0.29, 0.717) is 57.1 Å². The Kier molecular flexibility index (Phi) is 18.4. The predicted molar refractivity (Wildman–Crippen MR) is 228 cm³/mol. The van der Waals surface area contributed by atoms with E-state index in [1.807, 2.05) is 26.0 Å². The summed E-state index contributed by atoms with van der Waals surface area (Å²) in [5, 5.41) is 39.2. The van der Waals surface area contributed by atoms with Gasteiger partial charge in [0.1, 0.15) is 24.8 Å². The number of ketones is 1. The molecule has 3 aliphatic heterocycles. The lowest BCUT2D eigenvalue weighted by Gasteiger charge is -2.46. The minimum atomic E-state index is -2.00. The van der Waals surface area contributed by atoms with Crippen molar-refractivity contribution in [2.75, 3.05) is 35.0 Å². The summed E-state index contributed by atoms with van der Waals surface area (Å²) in [6, 6.07) is -1.06. The summed E-state index contributed by atoms with van der Waals surface area (Å²) in [4.78, 5) is 49.9. The van der Waals surface area contributed by atoms with Gasteiger partial charge in [0.25, 0.3) is 5.91 Å². The fraction of sp³-hybridized carbons (Fsp3) is 0.778. The molecule has 13 nitrogen and oxygen atoms in total. The molecule has 59 heavy (non-hydrogen) atoms. The van der Waals surface area contributed by atoms with Gasteiger partial charge in [-0.2, -0.15) is 0 Å². The normalized spacial score (nSPS) is 40.5. The molecule has 3 heterocycles. The van der Waals surface area contributed by atoms with Crippen LogP contribution in [0.3, 0.4) is 0 Å². The molecule has 4 rings (SSSR count). The summed E-state index contributed by atoms with van der Waals surface area (Å²) in [5.41, 5.74) is 0.444. The van der Waals surface area contributed by atoms with E-state index in [0.717, 1.165) is 17.6 Å². The topological polar surface area (TPSA) is 174 Å². The summed E-state index contributed by atoms with van der Waals surface area (Å²) in [5.74, 6) is -4.20. The van der Waals surface area contributed by atoms with Gasteiger partial charge in [-0.25, -0.2) is 4.79 Å². The summed E-state index contributed by atoms with van der Waals surface area (Å²) in [6.07, 6.45) is 8.18. The van der Waals surface area contributed by atoms with Gasteiger partial charge in [0.05, 0.1) is 36.2 Å². The third kappa shape index (κ3) is 11.9. The van der Waals surface area contributed by atoms with Crippen LogP contribution < -0.4 is 0 Å². The number of amides is 1. The van der Waals surface area contributed by atoms with Crippen molar-refractivity contribution in [1.29, 1.82) is 0 Å². The number of piperidine rings is 1. The maximum absolute atomic E-state index is 14.5. The molecule has 0 radical (unpaired) electrons. The first-order chi connectivity index (χ1) is 28.0. The molecule has 4 aliphatic rings. The zero-order valence-electron chi connectivity index (χ0n) is 37.1. The second-order valence-electron chi connectivity index (χ2n) is 18.1. The molecule has 1 saturated carbocycles. The van der Waals surface area contributed by atoms with Gasteiger partial charge in [-0.05, 0) is 107 Å². The quantitative estimate of drug-likeness (QED) is 0.0998. The first-order valence-electron chi connectivity index (χ1n) is 21.8. The molecule has 0 spiro atoms. The van der Waals surface area contributed by atoms with Crippen molar-refractivity contribution in [2.45, 2.75) is 159 Å². The largest absolute Gasteiger partial charge is 0.456 e. The van der Waals surface area contributed by atoms with Crippen molar-refractivity contribution in [3.05, 3.63) is 36.0 Å². The van der Waals surface area contributed by atoms with Gasteiger partial charge in [0.2, 0.25) is 5.78 Å². The lowest BCUT2D eigenvalue weighted by atomic mass is 9.39. The van der Waals surface area contributed by atoms with Gasteiger partial charge in [-0.1, -0.05) is 49.7 Å². The minimum absolute atomic E-state index is 0.0254. The molecule has 1 amide bonds. The number of aliphatic hydroxyl groups excluding tert-OH is 2. The first kappa shape index (κ1) is 48.8. The van der Waals surface area contributed by atoms with Gasteiger partial charge < -0.3 is 44.0 Å². The van der Waals surface area contributed by atoms with Crippen LogP contribution in [0.4, 0.5) is 0 Å². The van der Waals surface area contributed by atoms with Gasteiger partial charge >= 0.3 is 5.97 Å². The van der Waals surface area contributed by atoms with Crippen molar-refractivity contribution in [3.8, 4) is 0 Å². The molecule has 0 aromatic carbocycles. The van der Waals surface area contributed by atoms with Crippen molar-refractivity contribution in [3.63, 3.8) is 0 Å². The Morgan fingerprint density at radius 3 is 2.29 bits per heavy atom. The lowest BCUT2D eigenvalue weighted by Crippen LogP contribution is -2.64. The van der Waals surface area contributed by atoms with Crippen LogP contribution in [0.2, 0.25) is 5.82 Å². The number of ether oxygens (including phenoxy) is 4. The third-order valence-electron chi connectivity index (χ3n) is 13.8. The minimum Gasteiger partial charge on any atom is -0.456 e. The van der Waals surface area contributed by atoms with Crippen LogP contribution in [-0.2, 0) is 38.2 Å². The molecule has 0 aromatic rings. The standard InChI is InChI=1S/C45H73BN2O11/c1-11-14-32-20-26(2)19-27(3)21-38(56-8)40-39(57-9)23-29(5)45(54,46-40)42(51)43(52)48-18-13-12-15-34(48)44(53)59-41(30(6)36(50)25-33(32)47-58-10)28(4)22-31-16-17-35(49)37(24-31)55-7/h11,20,22,27,29-32,34-41,46,49-50,54H,1,12-19,21,23-25H2,2-10H3/b26-20+,28-22+,47-33-/t27-,29+,30+,31-,32+,34-,35+,36-,37+,38-,39-,40+,41+,45-/m0/s1. The number of rotatable bonds is 8. The molecule has 3 N–H and O–H groups in total. The van der Waals surface area contributed by atoms with Crippen LogP contribution in [0.25, 0.3) is 0 Å². The van der Waals surface area contributed by atoms with Crippen LogP contribution in [0.15, 0.2) is 41.1 Å². The second kappa shape index (κ2) is 22.3. The molecule has 2 bridgehead atoms. The fourth-order valence-electron chi connectivity index (χ4n) is 10.3. The molecule has 14 atom stereocenters. The van der Waals surface area contributed by atoms with Crippen LogP contribution in [0.1, 0.15) is 105 Å². The summed E-state index contributed by atoms with van der Waals surface area (Å²) in [7, 11) is 6.29. The van der Waals surface area contributed by atoms with Gasteiger partial charge in [0.15, 0.2) is 7.28 Å². The molecular formula is C45H73BN2O11. The molecular weight excluding hydrogens is 755 g/mol. The summed E-state index contributed by atoms with van der Waals surface area (Å²) < 4.78 is 24.0. The Morgan fingerprint density at radius 2 is 1.64 bits per heavy atom. The Hall–Kier alpha value is -2.88. The van der Waals surface area contributed by atoms with Crippen LogP contribution >= 0.6 is 0 Å². The van der Waals surface area contributed by atoms with Gasteiger partial charge in [0, 0.05) is 46.1 Å². The van der Waals surface area contributed by atoms with E-state index in [1.54, 1.807) is 28.3 Å². The number of fused-ring (bicyclic) bond motifs is 3. The van der Waals surface area contributed by atoms with E-state index in [-0.39, 0.29) is 68.5 Å². The summed E-state index contributed by atoms with van der Waals surface area (Å²) >= 11 is 0. The number of aliphatic hydroxyl groups is 3. The van der Waals surface area contributed by atoms with E-state index in [9.17, 15) is 29.7 Å². The van der Waals surface area contributed by atoms with E-state index < -0.39 is 59.3 Å². The highest BCUT2D eigenvalue weighted by molar-refractivity contribution is 6.58. The van der Waals surface area contributed by atoms with E-state index in [1.165, 1.54) is 12.0 Å². The van der Waals surface area contributed by atoms with Crippen LogP contribution in [-0.4, -0.2) is 134 Å². The summed E-state index contributed by atoms with van der Waals surface area (Å²) in [6.45, 7) is 13.8. The Bertz CT molecular complexity index is 1540. The maximum Gasteiger partial charge on any atom is 0.329 e. The SMILES string of the molecule is C=CC[C@@H]1/C=C(\C)C[C@H](C)C[C@H](OC)[C@H]2B[C@@](O)(C(=O)C(=O)N3CCCC[C@H]3C(=O)O[C@H](/C(C)=C/[C@@H]3CC[C@@H](O)[C@H](OC)C3)[C@H](C)[C@@H](O)C/C1=N/OC)[C@H](C)C[C@@H]2OC. The van der Waals surface area contributed by atoms with E-state index in [2.05, 4.69) is 31.7 Å². The fourth-order valence-corrected chi connectivity index (χ4v) is 10.3. The highest BCUT2D eigenvalue weighted by Crippen LogP contribution is 2.42. The number of allylic oxidation sites excluding steroid dienone is 4. The highest BCUT2D eigenvalue weighted by atomic mass is 16.6. The zero-order chi connectivity index (χ0) is 43.6. The van der Waals surface area contributed by atoms with Crippen molar-refractivity contribution >= 4 is 30.7 Å². The lowest BCUT2D eigenvalue weighted by molar-refractivity contribution is -0.167. The number of esters is 1. The Balaban J connectivity index is 1.82. The number of oxime groups is 1. The number of hydrogen-bond acceptors (Lipinski definition) is 12. The number of cyclic esters (lactones) is 1. The average Bonchev–Trinajstić information content (AvgIpc) is 3.21. The van der Waals surface area contributed by atoms with E-state index >= 15 is 0 Å². The molecule has 0 aromatic heterocycles. The molecule has 2 saturated heterocycles. The number of carbonyl (C=O) groups is 3. The molecule has 1 aliphatic carbocycles. The maximum atomic E-state index is 14.5. The molecule has 3 fully saturated rings. The number of hydrogen-bond donors (Lipinski definition) is 3. The van der Waals surface area contributed by atoms with Crippen molar-refractivity contribution in [2.24, 2.45) is 34.7 Å². The molecule has 332 valence electrons. The monoisotopic (exact) mass is 829 g/mol. The van der Waals surface area contributed by atoms with Crippen molar-refractivity contribution in [1.82, 2.24) is 4.90 Å². The first-order valence-corrected chi connectivity index (χ1v) is 21.8. The third-order valence-corrected chi connectivity index (χ3v) is 13.8. The molecule has 14 heteroatoms. The second-order valence-corrected chi connectivity index (χ2v) is 18.1. The number of nitrogens with zero attached hydrogens (tertiary/aromatic N) is 2. The van der Waals surface area contributed by atoms with Gasteiger partial charge in [-0.3, -0.25) is 9.59 Å². The number of Topliss-reactive ketones (excluding diaryl/α,β-unsaturated/α-hetero) is 1. The van der Waals surface area contributed by atoms with E-state index in [4.69, 9.17) is 23.8 Å². The van der Waals surface area contributed by atoms with Crippen molar-refractivity contribution < 1.29 is 53.5 Å². The van der Waals surface area contributed by atoms with Crippen LogP contribution in [0, 0.1) is 29.6 Å².